The van der Waals surface area contributed by atoms with Crippen LogP contribution in [0.1, 0.15) is 43.5 Å². The average Bonchev–Trinajstić information content (AvgIpc) is 2.52. The number of likely N-dealkylation sites (tertiary alicyclic amines) is 1. The standard InChI is InChI=1S/C14H18Cl2N2O/c1-14(2)4-3-6-18(7-5-14)13(19)10-8-12(16)17-9-11(10)15/h8-9H,3-7H2,1-2H3. The number of aromatic nitrogens is 1. The summed E-state index contributed by atoms with van der Waals surface area (Å²) in [5.41, 5.74) is 0.746. The maximum Gasteiger partial charge on any atom is 0.255 e. The first kappa shape index (κ1) is 14.6. The molecule has 0 saturated carbocycles. The first-order valence-corrected chi connectivity index (χ1v) is 7.25. The van der Waals surface area contributed by atoms with Crippen molar-refractivity contribution in [2.24, 2.45) is 5.41 Å². The Hall–Kier alpha value is -0.800. The minimum Gasteiger partial charge on any atom is -0.339 e. The number of halogens is 2. The fourth-order valence-electron chi connectivity index (χ4n) is 2.37. The number of carbonyl (C=O) groups excluding carboxylic acids is 1. The summed E-state index contributed by atoms with van der Waals surface area (Å²) in [5, 5.41) is 0.654. The number of nitrogens with zero attached hydrogens (tertiary/aromatic N) is 2. The van der Waals surface area contributed by atoms with E-state index >= 15 is 0 Å². The van der Waals surface area contributed by atoms with Crippen molar-refractivity contribution in [3.63, 3.8) is 0 Å². The number of pyridine rings is 1. The molecule has 0 spiro atoms. The van der Waals surface area contributed by atoms with E-state index in [9.17, 15) is 4.79 Å². The van der Waals surface area contributed by atoms with Gasteiger partial charge in [0.1, 0.15) is 5.15 Å². The number of carbonyl (C=O) groups is 1. The third-order valence-electron chi connectivity index (χ3n) is 3.68. The highest BCUT2D eigenvalue weighted by Crippen LogP contribution is 2.30. The molecule has 0 unspecified atom stereocenters. The highest BCUT2D eigenvalue weighted by molar-refractivity contribution is 6.35. The second-order valence-corrected chi connectivity index (χ2v) is 6.59. The van der Waals surface area contributed by atoms with E-state index in [1.165, 1.54) is 6.20 Å². The molecule has 104 valence electrons. The predicted molar refractivity (Wildman–Crippen MR) is 77.8 cm³/mol. The zero-order valence-corrected chi connectivity index (χ0v) is 12.8. The number of hydrogen-bond donors (Lipinski definition) is 0. The van der Waals surface area contributed by atoms with Gasteiger partial charge in [0.2, 0.25) is 0 Å². The largest absolute Gasteiger partial charge is 0.339 e. The third-order valence-corrected chi connectivity index (χ3v) is 4.19. The zero-order chi connectivity index (χ0) is 14.0. The van der Waals surface area contributed by atoms with Crippen LogP contribution in [-0.2, 0) is 0 Å². The van der Waals surface area contributed by atoms with Gasteiger partial charge in [0.25, 0.3) is 5.91 Å². The SMILES string of the molecule is CC1(C)CCCN(C(=O)c2cc(Cl)ncc2Cl)CC1. The van der Waals surface area contributed by atoms with E-state index in [0.29, 0.717) is 21.2 Å². The molecule has 0 aromatic carbocycles. The Morgan fingerprint density at radius 3 is 2.79 bits per heavy atom. The molecule has 0 radical (unpaired) electrons. The summed E-state index contributed by atoms with van der Waals surface area (Å²) in [7, 11) is 0. The molecule has 2 heterocycles. The minimum atomic E-state index is -0.0491. The third kappa shape index (κ3) is 3.61. The van der Waals surface area contributed by atoms with Crippen molar-refractivity contribution in [2.75, 3.05) is 13.1 Å². The predicted octanol–water partition coefficient (Wildman–Crippen LogP) is 4.04. The van der Waals surface area contributed by atoms with Gasteiger partial charge in [-0.05, 0) is 30.7 Å². The van der Waals surface area contributed by atoms with Crippen LogP contribution in [0.2, 0.25) is 10.2 Å². The van der Waals surface area contributed by atoms with E-state index < -0.39 is 0 Å². The van der Waals surface area contributed by atoms with E-state index in [4.69, 9.17) is 23.2 Å². The molecule has 3 nitrogen and oxygen atoms in total. The summed E-state index contributed by atoms with van der Waals surface area (Å²) >= 11 is 11.9. The van der Waals surface area contributed by atoms with Crippen molar-refractivity contribution in [1.29, 1.82) is 0 Å². The summed E-state index contributed by atoms with van der Waals surface area (Å²) < 4.78 is 0. The van der Waals surface area contributed by atoms with Gasteiger partial charge in [-0.15, -0.1) is 0 Å². The maximum atomic E-state index is 12.5. The van der Waals surface area contributed by atoms with Crippen molar-refractivity contribution in [3.05, 3.63) is 28.0 Å². The van der Waals surface area contributed by atoms with Gasteiger partial charge in [-0.1, -0.05) is 37.0 Å². The van der Waals surface area contributed by atoms with Crippen molar-refractivity contribution in [2.45, 2.75) is 33.1 Å². The van der Waals surface area contributed by atoms with Crippen LogP contribution in [0, 0.1) is 5.41 Å². The number of amides is 1. The Morgan fingerprint density at radius 1 is 1.32 bits per heavy atom. The van der Waals surface area contributed by atoms with Gasteiger partial charge >= 0.3 is 0 Å². The Morgan fingerprint density at radius 2 is 2.05 bits per heavy atom. The van der Waals surface area contributed by atoms with Crippen LogP contribution in [0.3, 0.4) is 0 Å². The molecule has 0 atom stereocenters. The molecule has 1 saturated heterocycles. The molecule has 1 aromatic rings. The van der Waals surface area contributed by atoms with Gasteiger partial charge in [0.15, 0.2) is 0 Å². The molecular weight excluding hydrogens is 283 g/mol. The van der Waals surface area contributed by atoms with Gasteiger partial charge < -0.3 is 4.90 Å². The monoisotopic (exact) mass is 300 g/mol. The summed E-state index contributed by atoms with van der Waals surface area (Å²) in [6, 6.07) is 1.54. The van der Waals surface area contributed by atoms with E-state index in [2.05, 4.69) is 18.8 Å². The number of rotatable bonds is 1. The van der Waals surface area contributed by atoms with E-state index in [-0.39, 0.29) is 5.91 Å². The molecule has 19 heavy (non-hydrogen) atoms. The van der Waals surface area contributed by atoms with Crippen molar-refractivity contribution < 1.29 is 4.79 Å². The van der Waals surface area contributed by atoms with Crippen LogP contribution in [0.25, 0.3) is 0 Å². The quantitative estimate of drug-likeness (QED) is 0.733. The summed E-state index contributed by atoms with van der Waals surface area (Å²) in [6.07, 6.45) is 4.60. The molecule has 0 N–H and O–H groups in total. The summed E-state index contributed by atoms with van der Waals surface area (Å²) in [6.45, 7) is 6.04. The molecule has 1 aliphatic heterocycles. The molecule has 1 amide bonds. The lowest BCUT2D eigenvalue weighted by Gasteiger charge is -2.23. The van der Waals surface area contributed by atoms with Crippen LogP contribution < -0.4 is 0 Å². The Balaban J connectivity index is 2.17. The lowest BCUT2D eigenvalue weighted by atomic mass is 9.85. The van der Waals surface area contributed by atoms with Crippen LogP contribution >= 0.6 is 23.2 Å². The molecule has 1 fully saturated rings. The van der Waals surface area contributed by atoms with Gasteiger partial charge in [0.05, 0.1) is 10.6 Å². The fraction of sp³-hybridized carbons (Fsp3) is 0.571. The van der Waals surface area contributed by atoms with Crippen LogP contribution in [-0.4, -0.2) is 28.9 Å². The lowest BCUT2D eigenvalue weighted by Crippen LogP contribution is -2.32. The summed E-state index contributed by atoms with van der Waals surface area (Å²) in [5.74, 6) is -0.0491. The second kappa shape index (κ2) is 5.68. The highest BCUT2D eigenvalue weighted by atomic mass is 35.5. The van der Waals surface area contributed by atoms with Crippen molar-refractivity contribution >= 4 is 29.1 Å². The molecule has 1 aromatic heterocycles. The second-order valence-electron chi connectivity index (χ2n) is 5.80. The molecule has 0 aliphatic carbocycles. The normalized spacial score (nSPS) is 19.1. The smallest absolute Gasteiger partial charge is 0.255 e. The Labute approximate surface area is 123 Å². The molecular formula is C14H18Cl2N2O. The van der Waals surface area contributed by atoms with Gasteiger partial charge in [-0.25, -0.2) is 4.98 Å². The minimum absolute atomic E-state index is 0.0491. The number of hydrogen-bond acceptors (Lipinski definition) is 2. The van der Waals surface area contributed by atoms with Gasteiger partial charge in [-0.2, -0.15) is 0 Å². The molecule has 5 heteroatoms. The zero-order valence-electron chi connectivity index (χ0n) is 11.2. The molecule has 2 rings (SSSR count). The van der Waals surface area contributed by atoms with E-state index in [1.807, 2.05) is 4.90 Å². The Kier molecular flexibility index (Phi) is 4.36. The first-order valence-electron chi connectivity index (χ1n) is 6.49. The summed E-state index contributed by atoms with van der Waals surface area (Å²) in [4.78, 5) is 18.2. The van der Waals surface area contributed by atoms with Gasteiger partial charge in [0, 0.05) is 19.3 Å². The van der Waals surface area contributed by atoms with E-state index in [0.717, 1.165) is 32.4 Å². The highest BCUT2D eigenvalue weighted by Gasteiger charge is 2.26. The first-order chi connectivity index (χ1) is 8.89. The van der Waals surface area contributed by atoms with Gasteiger partial charge in [-0.3, -0.25) is 4.79 Å². The van der Waals surface area contributed by atoms with E-state index in [1.54, 1.807) is 6.07 Å². The topological polar surface area (TPSA) is 33.2 Å². The fourth-order valence-corrected chi connectivity index (χ4v) is 2.72. The van der Waals surface area contributed by atoms with Crippen LogP contribution in [0.5, 0.6) is 0 Å². The van der Waals surface area contributed by atoms with Crippen molar-refractivity contribution in [3.8, 4) is 0 Å². The Bertz CT molecular complexity index is 488. The maximum absolute atomic E-state index is 12.5. The lowest BCUT2D eigenvalue weighted by molar-refractivity contribution is 0.0757. The van der Waals surface area contributed by atoms with Crippen molar-refractivity contribution in [1.82, 2.24) is 9.88 Å². The molecule has 0 bridgehead atoms. The average molecular weight is 301 g/mol. The molecule has 1 aliphatic rings. The van der Waals surface area contributed by atoms with Crippen LogP contribution in [0.4, 0.5) is 0 Å². The van der Waals surface area contributed by atoms with Crippen LogP contribution in [0.15, 0.2) is 12.3 Å².